The van der Waals surface area contributed by atoms with Gasteiger partial charge in [0.1, 0.15) is 18.0 Å². The molecule has 0 aromatic carbocycles. The number of nitrogens with zero attached hydrogens (tertiary/aromatic N) is 2. The average Bonchev–Trinajstić information content (AvgIpc) is 3.01. The van der Waals surface area contributed by atoms with Gasteiger partial charge in [-0.3, -0.25) is 20.0 Å². The van der Waals surface area contributed by atoms with Crippen LogP contribution in [0.3, 0.4) is 0 Å². The Hall–Kier alpha value is -1.43. The Morgan fingerprint density at radius 2 is 1.86 bits per heavy atom. The van der Waals surface area contributed by atoms with Crippen molar-refractivity contribution in [3.63, 3.8) is 0 Å². The minimum atomic E-state index is -0.621. The number of carbonyl (C=O) groups is 2. The van der Waals surface area contributed by atoms with Crippen molar-refractivity contribution >= 4 is 17.8 Å². The van der Waals surface area contributed by atoms with Crippen molar-refractivity contribution in [1.82, 2.24) is 10.2 Å². The highest BCUT2D eigenvalue weighted by molar-refractivity contribution is 6.21. The molecule has 6 heteroatoms. The zero-order valence-corrected chi connectivity index (χ0v) is 13.3. The van der Waals surface area contributed by atoms with Crippen LogP contribution in [0.1, 0.15) is 57.8 Å². The minimum absolute atomic E-state index is 0.145. The molecule has 0 unspecified atom stereocenters. The van der Waals surface area contributed by atoms with Crippen LogP contribution in [0.2, 0.25) is 0 Å². The molecule has 1 aliphatic heterocycles. The van der Waals surface area contributed by atoms with Crippen LogP contribution in [0.15, 0.2) is 4.99 Å². The molecule has 0 atom stereocenters. The average molecular weight is 307 g/mol. The minimum Gasteiger partial charge on any atom is -0.364 e. The first-order valence-corrected chi connectivity index (χ1v) is 8.37. The van der Waals surface area contributed by atoms with Crippen LogP contribution in [0.4, 0.5) is 4.79 Å². The molecule has 2 aliphatic carbocycles. The number of carbonyl (C=O) groups excluding carboxylic acids is 2. The third-order valence-electron chi connectivity index (χ3n) is 5.18. The van der Waals surface area contributed by atoms with Gasteiger partial charge >= 0.3 is 6.03 Å². The van der Waals surface area contributed by atoms with Crippen molar-refractivity contribution in [2.45, 2.75) is 63.8 Å². The number of imide groups is 1. The first-order valence-electron chi connectivity index (χ1n) is 8.37. The Morgan fingerprint density at radius 1 is 1.18 bits per heavy atom. The number of ether oxygens (including phenoxy) is 1. The van der Waals surface area contributed by atoms with E-state index in [1.165, 1.54) is 24.2 Å². The van der Waals surface area contributed by atoms with E-state index in [4.69, 9.17) is 9.73 Å². The number of hydrogen-bond donors (Lipinski definition) is 1. The van der Waals surface area contributed by atoms with Gasteiger partial charge in [-0.15, -0.1) is 0 Å². The first kappa shape index (κ1) is 15.5. The highest BCUT2D eigenvalue weighted by atomic mass is 16.5. The van der Waals surface area contributed by atoms with Crippen LogP contribution in [0.25, 0.3) is 0 Å². The molecular formula is C16H25N3O3. The summed E-state index contributed by atoms with van der Waals surface area (Å²) in [6.45, 7) is 0.145. The second-order valence-electron chi connectivity index (χ2n) is 6.64. The van der Waals surface area contributed by atoms with Crippen molar-refractivity contribution in [1.29, 1.82) is 0 Å². The molecule has 1 N–H and O–H groups in total. The fourth-order valence-electron chi connectivity index (χ4n) is 3.99. The molecule has 3 rings (SSSR count). The third kappa shape index (κ3) is 2.64. The highest BCUT2D eigenvalue weighted by Crippen LogP contribution is 2.43. The van der Waals surface area contributed by atoms with Gasteiger partial charge in [0.05, 0.1) is 6.04 Å². The lowest BCUT2D eigenvalue weighted by molar-refractivity contribution is -0.127. The maximum Gasteiger partial charge on any atom is 0.331 e. The van der Waals surface area contributed by atoms with E-state index in [0.29, 0.717) is 5.84 Å². The largest absolute Gasteiger partial charge is 0.364 e. The second kappa shape index (κ2) is 6.36. The lowest BCUT2D eigenvalue weighted by Gasteiger charge is -2.40. The molecule has 3 amide bonds. The number of nitrogens with one attached hydrogen (secondary N) is 1. The number of urea groups is 1. The van der Waals surface area contributed by atoms with Crippen LogP contribution in [-0.4, -0.2) is 42.6 Å². The van der Waals surface area contributed by atoms with Crippen molar-refractivity contribution in [3.8, 4) is 0 Å². The van der Waals surface area contributed by atoms with Crippen molar-refractivity contribution < 1.29 is 14.3 Å². The number of aliphatic imine (C=N–C) groups is 1. The van der Waals surface area contributed by atoms with Crippen LogP contribution >= 0.6 is 0 Å². The lowest BCUT2D eigenvalue weighted by atomic mass is 9.81. The molecule has 3 aliphatic rings. The Labute approximate surface area is 131 Å². The molecule has 1 saturated heterocycles. The predicted molar refractivity (Wildman–Crippen MR) is 82.5 cm³/mol. The zero-order chi connectivity index (χ0) is 15.6. The van der Waals surface area contributed by atoms with Gasteiger partial charge in [0, 0.05) is 7.11 Å². The smallest absolute Gasteiger partial charge is 0.331 e. The summed E-state index contributed by atoms with van der Waals surface area (Å²) >= 11 is 0. The summed E-state index contributed by atoms with van der Waals surface area (Å²) in [4.78, 5) is 31.2. The normalized spacial score (nSPS) is 27.7. The molecule has 22 heavy (non-hydrogen) atoms. The fraction of sp³-hybridized carbons (Fsp3) is 0.812. The molecular weight excluding hydrogens is 282 g/mol. The molecule has 0 aromatic heterocycles. The van der Waals surface area contributed by atoms with E-state index < -0.39 is 11.4 Å². The Balaban J connectivity index is 1.97. The van der Waals surface area contributed by atoms with E-state index in [0.717, 1.165) is 38.5 Å². The SMILES string of the molecule is COCN1C(=O)NC(=O)C2(CCCC2)C1=NC1CCCCC1. The monoisotopic (exact) mass is 307 g/mol. The second-order valence-corrected chi connectivity index (χ2v) is 6.64. The molecule has 1 heterocycles. The van der Waals surface area contributed by atoms with E-state index in [2.05, 4.69) is 5.32 Å². The van der Waals surface area contributed by atoms with E-state index >= 15 is 0 Å². The van der Waals surface area contributed by atoms with Gasteiger partial charge in [0.15, 0.2) is 0 Å². The Morgan fingerprint density at radius 3 is 2.50 bits per heavy atom. The van der Waals surface area contributed by atoms with Crippen LogP contribution < -0.4 is 5.32 Å². The maximum atomic E-state index is 12.6. The number of amidine groups is 1. The van der Waals surface area contributed by atoms with E-state index in [1.54, 1.807) is 7.11 Å². The van der Waals surface area contributed by atoms with Crippen LogP contribution in [0, 0.1) is 5.41 Å². The van der Waals surface area contributed by atoms with Gasteiger partial charge in [0.2, 0.25) is 5.91 Å². The summed E-state index contributed by atoms with van der Waals surface area (Å²) in [5.41, 5.74) is -0.621. The number of methoxy groups -OCH3 is 1. The molecule has 3 fully saturated rings. The fourth-order valence-corrected chi connectivity index (χ4v) is 3.99. The van der Waals surface area contributed by atoms with Gasteiger partial charge < -0.3 is 4.74 Å². The number of rotatable bonds is 3. The van der Waals surface area contributed by atoms with Gasteiger partial charge in [0.25, 0.3) is 0 Å². The summed E-state index contributed by atoms with van der Waals surface area (Å²) in [5.74, 6) is 0.490. The molecule has 0 radical (unpaired) electrons. The zero-order valence-electron chi connectivity index (χ0n) is 13.3. The topological polar surface area (TPSA) is 71.0 Å². The number of amides is 3. The lowest BCUT2D eigenvalue weighted by Crippen LogP contribution is -2.63. The summed E-state index contributed by atoms with van der Waals surface area (Å²) in [7, 11) is 1.56. The highest BCUT2D eigenvalue weighted by Gasteiger charge is 2.53. The number of hydrogen-bond acceptors (Lipinski definition) is 4. The van der Waals surface area contributed by atoms with Crippen molar-refractivity contribution in [2.75, 3.05) is 13.8 Å². The Kier molecular flexibility index (Phi) is 4.47. The molecule has 122 valence electrons. The standard InChI is InChI=1S/C16H25N3O3/c1-22-11-19-13(17-12-7-3-2-4-8-12)16(9-5-6-10-16)14(20)18-15(19)21/h12H,2-11H2,1H3,(H,18,20,21). The summed E-state index contributed by atoms with van der Waals surface area (Å²) in [5, 5.41) is 2.50. The predicted octanol–water partition coefficient (Wildman–Crippen LogP) is 2.43. The van der Waals surface area contributed by atoms with Crippen molar-refractivity contribution in [2.24, 2.45) is 10.4 Å². The molecule has 2 saturated carbocycles. The van der Waals surface area contributed by atoms with Gasteiger partial charge in [-0.2, -0.15) is 0 Å². The van der Waals surface area contributed by atoms with E-state index in [1.807, 2.05) is 0 Å². The maximum absolute atomic E-state index is 12.6. The Bertz CT molecular complexity index is 477. The van der Waals surface area contributed by atoms with Gasteiger partial charge in [-0.05, 0) is 25.7 Å². The molecule has 0 bridgehead atoms. The molecule has 6 nitrogen and oxygen atoms in total. The van der Waals surface area contributed by atoms with Crippen LogP contribution in [0.5, 0.6) is 0 Å². The van der Waals surface area contributed by atoms with Gasteiger partial charge in [-0.25, -0.2) is 4.79 Å². The van der Waals surface area contributed by atoms with E-state index in [9.17, 15) is 9.59 Å². The van der Waals surface area contributed by atoms with Gasteiger partial charge in [-0.1, -0.05) is 32.1 Å². The molecule has 1 spiro atoms. The van der Waals surface area contributed by atoms with Crippen LogP contribution in [-0.2, 0) is 9.53 Å². The molecule has 0 aromatic rings. The van der Waals surface area contributed by atoms with E-state index in [-0.39, 0.29) is 18.7 Å². The first-order chi connectivity index (χ1) is 10.7. The quantitative estimate of drug-likeness (QED) is 0.870. The summed E-state index contributed by atoms with van der Waals surface area (Å²) in [6, 6.07) is -0.168. The summed E-state index contributed by atoms with van der Waals surface area (Å²) < 4.78 is 5.18. The van der Waals surface area contributed by atoms with Crippen molar-refractivity contribution in [3.05, 3.63) is 0 Å². The summed E-state index contributed by atoms with van der Waals surface area (Å²) in [6.07, 6.45) is 9.28. The third-order valence-corrected chi connectivity index (χ3v) is 5.18.